The van der Waals surface area contributed by atoms with Gasteiger partial charge in [-0.15, -0.1) is 0 Å². The van der Waals surface area contributed by atoms with E-state index in [-0.39, 0.29) is 0 Å². The lowest BCUT2D eigenvalue weighted by molar-refractivity contribution is 0.806. The molecule has 0 saturated carbocycles. The van der Waals surface area contributed by atoms with Gasteiger partial charge in [0.05, 0.1) is 0 Å². The second-order valence-corrected chi connectivity index (χ2v) is 3.84. The van der Waals surface area contributed by atoms with Crippen LogP contribution in [0.3, 0.4) is 0 Å². The summed E-state index contributed by atoms with van der Waals surface area (Å²) in [5.74, 6) is 1.22. The largest absolute Gasteiger partial charge is 0.354 e. The summed E-state index contributed by atoms with van der Waals surface area (Å²) >= 11 is 0. The number of rotatable bonds is 4. The fourth-order valence-electron chi connectivity index (χ4n) is 1.20. The molecule has 1 aromatic heterocycles. The number of nitrogens with zero attached hydrogens (tertiary/aromatic N) is 2. The maximum Gasteiger partial charge on any atom is 0.223 e. The Kier molecular flexibility index (Phi) is 3.86. The highest BCUT2D eigenvalue weighted by Crippen LogP contribution is 2.14. The van der Waals surface area contributed by atoms with E-state index in [1.54, 1.807) is 0 Å². The summed E-state index contributed by atoms with van der Waals surface area (Å²) in [4.78, 5) is 8.78. The van der Waals surface area contributed by atoms with Crippen LogP contribution < -0.4 is 5.32 Å². The van der Waals surface area contributed by atoms with E-state index in [9.17, 15) is 0 Å². The fraction of sp³-hybridized carbons (Fsp3) is 0.636. The predicted molar refractivity (Wildman–Crippen MR) is 59.6 cm³/mol. The summed E-state index contributed by atoms with van der Waals surface area (Å²) in [5.41, 5.74) is 2.14. The van der Waals surface area contributed by atoms with Crippen LogP contribution in [0.4, 0.5) is 5.95 Å². The average Bonchev–Trinajstić information content (AvgIpc) is 2.14. The molecule has 0 spiro atoms. The molecule has 0 aliphatic rings. The first-order valence-corrected chi connectivity index (χ1v) is 5.23. The molecule has 0 fully saturated rings. The Morgan fingerprint density at radius 3 is 2.64 bits per heavy atom. The molecule has 1 rings (SSSR count). The van der Waals surface area contributed by atoms with Crippen molar-refractivity contribution in [3.05, 3.63) is 17.5 Å². The van der Waals surface area contributed by atoms with Crippen LogP contribution in [-0.2, 0) is 0 Å². The molecule has 78 valence electrons. The van der Waals surface area contributed by atoms with E-state index in [1.807, 2.05) is 13.0 Å². The first kappa shape index (κ1) is 11.0. The third-order valence-electron chi connectivity index (χ3n) is 2.00. The van der Waals surface area contributed by atoms with Crippen molar-refractivity contribution in [2.24, 2.45) is 0 Å². The molecule has 3 nitrogen and oxygen atoms in total. The molecule has 0 radical (unpaired) electrons. The van der Waals surface area contributed by atoms with Crippen molar-refractivity contribution >= 4 is 5.95 Å². The minimum absolute atomic E-state index is 0.457. The second-order valence-electron chi connectivity index (χ2n) is 3.84. The number of nitrogens with one attached hydrogen (secondary N) is 1. The van der Waals surface area contributed by atoms with E-state index in [1.165, 1.54) is 0 Å². The summed E-state index contributed by atoms with van der Waals surface area (Å²) in [7, 11) is 0. The lowest BCUT2D eigenvalue weighted by Crippen LogP contribution is -2.07. The molecule has 3 heteroatoms. The predicted octanol–water partition coefficient (Wildman–Crippen LogP) is 2.73. The minimum atomic E-state index is 0.457. The Hall–Kier alpha value is -1.12. The monoisotopic (exact) mass is 193 g/mol. The molecule has 0 aliphatic heterocycles. The van der Waals surface area contributed by atoms with Gasteiger partial charge in [0, 0.05) is 17.9 Å². The molecule has 0 saturated heterocycles. The van der Waals surface area contributed by atoms with Crippen molar-refractivity contribution in [1.82, 2.24) is 9.97 Å². The van der Waals surface area contributed by atoms with Crippen molar-refractivity contribution in [1.29, 1.82) is 0 Å². The molecular weight excluding hydrogens is 174 g/mol. The van der Waals surface area contributed by atoms with Crippen LogP contribution in [0.5, 0.6) is 0 Å². The first-order chi connectivity index (χ1) is 6.63. The molecule has 0 aromatic carbocycles. The Morgan fingerprint density at radius 1 is 1.36 bits per heavy atom. The van der Waals surface area contributed by atoms with Gasteiger partial charge < -0.3 is 5.32 Å². The lowest BCUT2D eigenvalue weighted by Gasteiger charge is -2.09. The number of anilines is 1. The van der Waals surface area contributed by atoms with E-state index >= 15 is 0 Å². The summed E-state index contributed by atoms with van der Waals surface area (Å²) in [6.45, 7) is 9.36. The Labute approximate surface area is 86.0 Å². The van der Waals surface area contributed by atoms with Crippen molar-refractivity contribution < 1.29 is 0 Å². The van der Waals surface area contributed by atoms with Gasteiger partial charge >= 0.3 is 0 Å². The molecular formula is C11H19N3. The molecule has 0 atom stereocenters. The second kappa shape index (κ2) is 4.94. The van der Waals surface area contributed by atoms with E-state index in [0.717, 1.165) is 30.3 Å². The van der Waals surface area contributed by atoms with Gasteiger partial charge in [-0.25, -0.2) is 9.97 Å². The number of hydrogen-bond acceptors (Lipinski definition) is 3. The SMILES string of the molecule is CCCNc1nc(C)cc(C(C)C)n1. The van der Waals surface area contributed by atoms with Gasteiger partial charge in [0.15, 0.2) is 0 Å². The van der Waals surface area contributed by atoms with Crippen LogP contribution in [0.2, 0.25) is 0 Å². The Balaban J connectivity index is 2.84. The fourth-order valence-corrected chi connectivity index (χ4v) is 1.20. The minimum Gasteiger partial charge on any atom is -0.354 e. The van der Waals surface area contributed by atoms with Crippen LogP contribution >= 0.6 is 0 Å². The zero-order chi connectivity index (χ0) is 10.6. The third kappa shape index (κ3) is 2.98. The normalized spacial score (nSPS) is 10.6. The molecule has 0 unspecified atom stereocenters. The van der Waals surface area contributed by atoms with Crippen molar-refractivity contribution in [3.8, 4) is 0 Å². The quantitative estimate of drug-likeness (QED) is 0.799. The van der Waals surface area contributed by atoms with Gasteiger partial charge in [-0.05, 0) is 25.3 Å². The number of aromatic nitrogens is 2. The standard InChI is InChI=1S/C11H19N3/c1-5-6-12-11-13-9(4)7-10(14-11)8(2)3/h7-8H,5-6H2,1-4H3,(H,12,13,14). The number of aryl methyl sites for hydroxylation is 1. The molecule has 14 heavy (non-hydrogen) atoms. The zero-order valence-electron chi connectivity index (χ0n) is 9.46. The van der Waals surface area contributed by atoms with Gasteiger partial charge in [0.1, 0.15) is 0 Å². The molecule has 0 amide bonds. The van der Waals surface area contributed by atoms with Crippen LogP contribution in [-0.4, -0.2) is 16.5 Å². The van der Waals surface area contributed by atoms with E-state index in [0.29, 0.717) is 5.92 Å². The van der Waals surface area contributed by atoms with Gasteiger partial charge in [-0.3, -0.25) is 0 Å². The van der Waals surface area contributed by atoms with Crippen LogP contribution in [0, 0.1) is 6.92 Å². The summed E-state index contributed by atoms with van der Waals surface area (Å²) in [5, 5.41) is 3.21. The summed E-state index contributed by atoms with van der Waals surface area (Å²) in [6, 6.07) is 2.04. The highest BCUT2D eigenvalue weighted by Gasteiger charge is 2.04. The molecule has 1 aromatic rings. The van der Waals surface area contributed by atoms with Crippen molar-refractivity contribution in [2.75, 3.05) is 11.9 Å². The summed E-state index contributed by atoms with van der Waals surface area (Å²) in [6.07, 6.45) is 1.09. The molecule has 0 aliphatic carbocycles. The van der Waals surface area contributed by atoms with Crippen LogP contribution in [0.15, 0.2) is 6.07 Å². The van der Waals surface area contributed by atoms with Gasteiger partial charge in [0.2, 0.25) is 5.95 Å². The van der Waals surface area contributed by atoms with E-state index in [2.05, 4.69) is 36.1 Å². The van der Waals surface area contributed by atoms with Gasteiger partial charge in [-0.1, -0.05) is 20.8 Å². The van der Waals surface area contributed by atoms with E-state index in [4.69, 9.17) is 0 Å². The zero-order valence-corrected chi connectivity index (χ0v) is 9.46. The molecule has 1 heterocycles. The van der Waals surface area contributed by atoms with Gasteiger partial charge in [0.25, 0.3) is 0 Å². The van der Waals surface area contributed by atoms with E-state index < -0.39 is 0 Å². The smallest absolute Gasteiger partial charge is 0.223 e. The first-order valence-electron chi connectivity index (χ1n) is 5.23. The number of hydrogen-bond donors (Lipinski definition) is 1. The lowest BCUT2D eigenvalue weighted by atomic mass is 10.1. The van der Waals surface area contributed by atoms with Crippen molar-refractivity contribution in [2.45, 2.75) is 40.0 Å². The maximum absolute atomic E-state index is 4.45. The summed E-state index contributed by atoms with van der Waals surface area (Å²) < 4.78 is 0. The maximum atomic E-state index is 4.45. The highest BCUT2D eigenvalue weighted by molar-refractivity contribution is 5.28. The van der Waals surface area contributed by atoms with Crippen molar-refractivity contribution in [3.63, 3.8) is 0 Å². The Morgan fingerprint density at radius 2 is 2.07 bits per heavy atom. The molecule has 1 N–H and O–H groups in total. The van der Waals surface area contributed by atoms with Crippen LogP contribution in [0.1, 0.15) is 44.5 Å². The Bertz CT molecular complexity index is 295. The molecule has 0 bridgehead atoms. The van der Waals surface area contributed by atoms with Gasteiger partial charge in [-0.2, -0.15) is 0 Å². The topological polar surface area (TPSA) is 37.8 Å². The highest BCUT2D eigenvalue weighted by atomic mass is 15.1. The third-order valence-corrected chi connectivity index (χ3v) is 2.00. The average molecular weight is 193 g/mol. The van der Waals surface area contributed by atoms with Crippen LogP contribution in [0.25, 0.3) is 0 Å².